The van der Waals surface area contributed by atoms with Crippen molar-refractivity contribution >= 4 is 62.3 Å². The van der Waals surface area contributed by atoms with Crippen LogP contribution in [-0.2, 0) is 26.2 Å². The summed E-state index contributed by atoms with van der Waals surface area (Å²) in [7, 11) is -3.86. The Balaban J connectivity index is 2.41. The number of nitrogens with one attached hydrogen (secondary N) is 1. The molecular weight excluding hydrogens is 521 g/mol. The van der Waals surface area contributed by atoms with Gasteiger partial charge in [0.25, 0.3) is 0 Å². The van der Waals surface area contributed by atoms with Gasteiger partial charge >= 0.3 is 0 Å². The maximum absolute atomic E-state index is 13.5. The highest BCUT2D eigenvalue weighted by atomic mass is 35.5. The number of carbonyl (C=O) groups is 2. The lowest BCUT2D eigenvalue weighted by molar-refractivity contribution is -0.140. The Kier molecular flexibility index (Phi) is 9.27. The molecule has 0 heterocycles. The molecule has 0 radical (unpaired) electrons. The van der Waals surface area contributed by atoms with Gasteiger partial charge in [0, 0.05) is 17.1 Å². The number of nitrogens with zero attached hydrogens (tertiary/aromatic N) is 2. The summed E-state index contributed by atoms with van der Waals surface area (Å²) in [6.07, 6.45) is 0.988. The molecule has 11 heteroatoms. The first-order chi connectivity index (χ1) is 15.6. The van der Waals surface area contributed by atoms with Crippen LogP contribution in [0.3, 0.4) is 0 Å². The lowest BCUT2D eigenvalue weighted by Gasteiger charge is -2.33. The summed E-state index contributed by atoms with van der Waals surface area (Å²) in [5, 5.41) is 3.79. The van der Waals surface area contributed by atoms with Crippen LogP contribution in [0.25, 0.3) is 0 Å². The lowest BCUT2D eigenvalue weighted by atomic mass is 10.1. The number of sulfonamides is 1. The van der Waals surface area contributed by atoms with Crippen LogP contribution in [0.1, 0.15) is 33.3 Å². The van der Waals surface area contributed by atoms with Gasteiger partial charge in [0.2, 0.25) is 21.8 Å². The van der Waals surface area contributed by atoms with E-state index in [1.807, 2.05) is 20.8 Å². The summed E-state index contributed by atoms with van der Waals surface area (Å²) >= 11 is 18.0. The summed E-state index contributed by atoms with van der Waals surface area (Å²) in [4.78, 5) is 27.7. The fraction of sp³-hybridized carbons (Fsp3) is 0.391. The van der Waals surface area contributed by atoms with E-state index in [2.05, 4.69) is 5.32 Å². The van der Waals surface area contributed by atoms with Crippen LogP contribution in [0.5, 0.6) is 0 Å². The summed E-state index contributed by atoms with van der Waals surface area (Å²) < 4.78 is 26.0. The molecule has 34 heavy (non-hydrogen) atoms. The second-order valence-corrected chi connectivity index (χ2v) is 12.1. The first-order valence-corrected chi connectivity index (χ1v) is 13.4. The van der Waals surface area contributed by atoms with Gasteiger partial charge in [0.1, 0.15) is 12.6 Å². The van der Waals surface area contributed by atoms with E-state index in [9.17, 15) is 18.0 Å². The molecule has 7 nitrogen and oxygen atoms in total. The Bertz CT molecular complexity index is 1150. The molecule has 1 unspecified atom stereocenters. The Labute approximate surface area is 216 Å². The predicted octanol–water partition coefficient (Wildman–Crippen LogP) is 4.74. The van der Waals surface area contributed by atoms with Crippen molar-refractivity contribution in [1.82, 2.24) is 10.2 Å². The minimum Gasteiger partial charge on any atom is -0.350 e. The molecule has 0 aromatic heterocycles. The second-order valence-electron chi connectivity index (χ2n) is 8.93. The summed E-state index contributed by atoms with van der Waals surface area (Å²) in [5.74, 6) is -0.932. The molecule has 186 valence electrons. The molecule has 2 aromatic rings. The third-order valence-corrected chi connectivity index (χ3v) is 6.93. The second kappa shape index (κ2) is 11.2. The Hall–Kier alpha value is -2.00. The SMILES string of the molecule is CC(C(=O)NC(C)(C)C)N(Cc1ccc(Cl)cc1)C(=O)CN(c1ccc(Cl)c(Cl)c1)S(C)(=O)=O. The molecule has 0 saturated heterocycles. The molecule has 0 spiro atoms. The molecule has 2 amide bonds. The zero-order chi connectivity index (χ0) is 25.8. The monoisotopic (exact) mass is 547 g/mol. The van der Waals surface area contributed by atoms with Gasteiger partial charge in [-0.05, 0) is 63.6 Å². The van der Waals surface area contributed by atoms with Crippen LogP contribution in [-0.4, -0.2) is 49.5 Å². The van der Waals surface area contributed by atoms with Gasteiger partial charge in [-0.1, -0.05) is 46.9 Å². The van der Waals surface area contributed by atoms with E-state index in [4.69, 9.17) is 34.8 Å². The molecule has 1 atom stereocenters. The van der Waals surface area contributed by atoms with Crippen molar-refractivity contribution in [1.29, 1.82) is 0 Å². The highest BCUT2D eigenvalue weighted by molar-refractivity contribution is 7.92. The largest absolute Gasteiger partial charge is 0.350 e. The van der Waals surface area contributed by atoms with Gasteiger partial charge in [0.15, 0.2) is 0 Å². The zero-order valence-corrected chi connectivity index (χ0v) is 22.7. The van der Waals surface area contributed by atoms with Crippen LogP contribution >= 0.6 is 34.8 Å². The minimum absolute atomic E-state index is 0.0771. The standard InChI is InChI=1S/C23H28Cl3N3O4S/c1-15(22(31)27-23(2,3)4)28(13-16-6-8-17(24)9-7-16)21(30)14-29(34(5,32)33)18-10-11-19(25)20(26)12-18/h6-12,15H,13-14H2,1-5H3,(H,27,31). The van der Waals surface area contributed by atoms with E-state index >= 15 is 0 Å². The first kappa shape index (κ1) is 28.2. The molecule has 0 aliphatic carbocycles. The van der Waals surface area contributed by atoms with Gasteiger partial charge in [-0.25, -0.2) is 8.42 Å². The predicted molar refractivity (Wildman–Crippen MR) is 138 cm³/mol. The molecule has 1 N–H and O–H groups in total. The van der Waals surface area contributed by atoms with Crippen molar-refractivity contribution in [2.45, 2.75) is 45.8 Å². The Morgan fingerprint density at radius 3 is 2.09 bits per heavy atom. The smallest absolute Gasteiger partial charge is 0.244 e. The molecule has 0 aliphatic heterocycles. The number of halogens is 3. The van der Waals surface area contributed by atoms with Crippen LogP contribution in [0.15, 0.2) is 42.5 Å². The zero-order valence-electron chi connectivity index (χ0n) is 19.6. The number of benzene rings is 2. The lowest BCUT2D eigenvalue weighted by Crippen LogP contribution is -2.54. The molecule has 0 bridgehead atoms. The third-order valence-electron chi connectivity index (χ3n) is 4.80. The van der Waals surface area contributed by atoms with E-state index in [0.717, 1.165) is 16.1 Å². The quantitative estimate of drug-likeness (QED) is 0.516. The number of rotatable bonds is 8. The number of anilines is 1. The van der Waals surface area contributed by atoms with Crippen LogP contribution in [0.4, 0.5) is 5.69 Å². The third kappa shape index (κ3) is 8.05. The van der Waals surface area contributed by atoms with Crippen LogP contribution in [0, 0.1) is 0 Å². The minimum atomic E-state index is -3.86. The summed E-state index contributed by atoms with van der Waals surface area (Å²) in [6.45, 7) is 6.64. The maximum atomic E-state index is 13.5. The Morgan fingerprint density at radius 1 is 1.00 bits per heavy atom. The summed E-state index contributed by atoms with van der Waals surface area (Å²) in [6, 6.07) is 10.2. The van der Waals surface area contributed by atoms with Crippen molar-refractivity contribution in [2.75, 3.05) is 17.1 Å². The van der Waals surface area contributed by atoms with Gasteiger partial charge in [-0.15, -0.1) is 0 Å². The number of carbonyl (C=O) groups excluding carboxylic acids is 2. The van der Waals surface area contributed by atoms with Crippen molar-refractivity contribution in [3.63, 3.8) is 0 Å². The average molecular weight is 549 g/mol. The summed E-state index contributed by atoms with van der Waals surface area (Å²) in [5.41, 5.74) is 0.399. The van der Waals surface area contributed by atoms with Crippen molar-refractivity contribution < 1.29 is 18.0 Å². The fourth-order valence-corrected chi connectivity index (χ4v) is 4.36. The van der Waals surface area contributed by atoms with Gasteiger partial charge in [0.05, 0.1) is 22.0 Å². The van der Waals surface area contributed by atoms with E-state index < -0.39 is 34.1 Å². The first-order valence-electron chi connectivity index (χ1n) is 10.4. The number of hydrogen-bond acceptors (Lipinski definition) is 4. The van der Waals surface area contributed by atoms with Gasteiger partial charge < -0.3 is 10.2 Å². The van der Waals surface area contributed by atoms with E-state index in [1.165, 1.54) is 23.1 Å². The number of hydrogen-bond donors (Lipinski definition) is 1. The molecule has 0 saturated carbocycles. The topological polar surface area (TPSA) is 86.8 Å². The van der Waals surface area contributed by atoms with Crippen LogP contribution < -0.4 is 9.62 Å². The molecule has 2 rings (SSSR count). The average Bonchev–Trinajstić information content (AvgIpc) is 2.71. The Morgan fingerprint density at radius 2 is 1.59 bits per heavy atom. The molecule has 0 aliphatic rings. The highest BCUT2D eigenvalue weighted by Gasteiger charge is 2.31. The van der Waals surface area contributed by atoms with Gasteiger partial charge in [-0.2, -0.15) is 0 Å². The molecule has 0 fully saturated rings. The normalized spacial score (nSPS) is 12.7. The van der Waals surface area contributed by atoms with Gasteiger partial charge in [-0.3, -0.25) is 13.9 Å². The van der Waals surface area contributed by atoms with Crippen molar-refractivity contribution in [2.24, 2.45) is 0 Å². The molecule has 2 aromatic carbocycles. The fourth-order valence-electron chi connectivity index (χ4n) is 3.10. The van der Waals surface area contributed by atoms with E-state index in [0.29, 0.717) is 5.02 Å². The maximum Gasteiger partial charge on any atom is 0.244 e. The molecular formula is C23H28Cl3N3O4S. The van der Waals surface area contributed by atoms with E-state index in [-0.39, 0.29) is 28.2 Å². The van der Waals surface area contributed by atoms with E-state index in [1.54, 1.807) is 31.2 Å². The number of amides is 2. The van der Waals surface area contributed by atoms with Crippen molar-refractivity contribution in [3.8, 4) is 0 Å². The highest BCUT2D eigenvalue weighted by Crippen LogP contribution is 2.28. The van der Waals surface area contributed by atoms with Crippen LogP contribution in [0.2, 0.25) is 15.1 Å². The van der Waals surface area contributed by atoms with Crippen molar-refractivity contribution in [3.05, 3.63) is 63.1 Å².